The van der Waals surface area contributed by atoms with E-state index in [0.717, 1.165) is 4.90 Å². The predicted octanol–water partition coefficient (Wildman–Crippen LogP) is 2.48. The van der Waals surface area contributed by atoms with Crippen LogP contribution in [0.3, 0.4) is 0 Å². The summed E-state index contributed by atoms with van der Waals surface area (Å²) in [5.74, 6) is -0.567. The second-order valence-electron chi connectivity index (χ2n) is 4.52. The minimum Gasteiger partial charge on any atom is -0.379 e. The molecule has 0 aliphatic carbocycles. The number of aliphatic hydroxyl groups is 1. The van der Waals surface area contributed by atoms with Crippen LogP contribution in [0, 0.1) is 0 Å². The van der Waals surface area contributed by atoms with Gasteiger partial charge in [0.1, 0.15) is 0 Å². The summed E-state index contributed by atoms with van der Waals surface area (Å²) < 4.78 is 37.9. The summed E-state index contributed by atoms with van der Waals surface area (Å²) in [7, 11) is 0. The molecule has 0 bridgehead atoms. The van der Waals surface area contributed by atoms with E-state index in [9.17, 15) is 23.1 Å². The van der Waals surface area contributed by atoms with E-state index in [-0.39, 0.29) is 12.1 Å². The lowest BCUT2D eigenvalue weighted by Crippen LogP contribution is -2.48. The number of carbonyl (C=O) groups excluding carboxylic acids is 1. The Kier molecular flexibility index (Phi) is 3.49. The number of benzene rings is 1. The van der Waals surface area contributed by atoms with E-state index >= 15 is 0 Å². The first kappa shape index (κ1) is 14.1. The van der Waals surface area contributed by atoms with E-state index < -0.39 is 30.7 Å². The van der Waals surface area contributed by atoms with Crippen molar-refractivity contribution in [3.63, 3.8) is 0 Å². The first-order valence-electron chi connectivity index (χ1n) is 5.57. The SMILES string of the molecule is O=C(c1cccc(Cl)c1)N1CC[C@@](O)(C(F)(F)F)C1. The van der Waals surface area contributed by atoms with Gasteiger partial charge in [0.2, 0.25) is 0 Å². The summed E-state index contributed by atoms with van der Waals surface area (Å²) in [6.45, 7) is -0.886. The number of alkyl halides is 3. The van der Waals surface area contributed by atoms with Crippen molar-refractivity contribution in [3.05, 3.63) is 34.9 Å². The molecule has 7 heteroatoms. The Hall–Kier alpha value is -1.27. The molecule has 1 amide bonds. The third-order valence-corrected chi connectivity index (χ3v) is 3.37. The van der Waals surface area contributed by atoms with E-state index in [1.807, 2.05) is 0 Å². The summed E-state index contributed by atoms with van der Waals surface area (Å²) in [5, 5.41) is 9.83. The van der Waals surface area contributed by atoms with Crippen LogP contribution in [-0.4, -0.2) is 40.8 Å². The van der Waals surface area contributed by atoms with Crippen molar-refractivity contribution in [2.45, 2.75) is 18.2 Å². The van der Waals surface area contributed by atoms with Crippen LogP contribution in [0.2, 0.25) is 5.02 Å². The number of amides is 1. The zero-order valence-electron chi connectivity index (χ0n) is 9.75. The molecular formula is C12H11ClF3NO2. The van der Waals surface area contributed by atoms with E-state index in [1.54, 1.807) is 12.1 Å². The lowest BCUT2D eigenvalue weighted by Gasteiger charge is -2.25. The number of hydrogen-bond donors (Lipinski definition) is 1. The van der Waals surface area contributed by atoms with E-state index in [4.69, 9.17) is 11.6 Å². The molecule has 104 valence electrons. The van der Waals surface area contributed by atoms with Crippen LogP contribution in [-0.2, 0) is 0 Å². The van der Waals surface area contributed by atoms with Gasteiger partial charge in [-0.15, -0.1) is 0 Å². The Bertz CT molecular complexity index is 506. The third kappa shape index (κ3) is 2.69. The van der Waals surface area contributed by atoms with Gasteiger partial charge in [-0.05, 0) is 18.2 Å². The number of likely N-dealkylation sites (tertiary alicyclic amines) is 1. The van der Waals surface area contributed by atoms with E-state index in [1.165, 1.54) is 12.1 Å². The largest absolute Gasteiger partial charge is 0.419 e. The highest BCUT2D eigenvalue weighted by molar-refractivity contribution is 6.30. The molecule has 0 unspecified atom stereocenters. The molecule has 1 atom stereocenters. The number of halogens is 4. The number of β-amino-alcohol motifs (C(OH)–C–C–N with tert-alkyl or cyclic N) is 1. The Morgan fingerprint density at radius 1 is 1.42 bits per heavy atom. The lowest BCUT2D eigenvalue weighted by molar-refractivity contribution is -0.253. The predicted molar refractivity (Wildman–Crippen MR) is 63.0 cm³/mol. The van der Waals surface area contributed by atoms with Crippen molar-refractivity contribution in [2.75, 3.05) is 13.1 Å². The summed E-state index contributed by atoms with van der Waals surface area (Å²) in [6.07, 6.45) is -5.25. The molecule has 0 radical (unpaired) electrons. The zero-order valence-corrected chi connectivity index (χ0v) is 10.5. The van der Waals surface area contributed by atoms with E-state index in [0.29, 0.717) is 5.02 Å². The molecule has 1 fully saturated rings. The molecule has 1 aromatic rings. The van der Waals surface area contributed by atoms with E-state index in [2.05, 4.69) is 0 Å². The first-order chi connectivity index (χ1) is 8.73. The van der Waals surface area contributed by atoms with Crippen LogP contribution in [0.4, 0.5) is 13.2 Å². The van der Waals surface area contributed by atoms with Crippen LogP contribution in [0.15, 0.2) is 24.3 Å². The Morgan fingerprint density at radius 3 is 2.63 bits per heavy atom. The van der Waals surface area contributed by atoms with Gasteiger partial charge in [-0.3, -0.25) is 4.79 Å². The number of hydrogen-bond acceptors (Lipinski definition) is 2. The van der Waals surface area contributed by atoms with Gasteiger partial charge in [0.25, 0.3) is 5.91 Å². The summed E-state index contributed by atoms with van der Waals surface area (Å²) in [5.41, 5.74) is -2.61. The van der Waals surface area contributed by atoms with Gasteiger partial charge in [-0.2, -0.15) is 13.2 Å². The average molecular weight is 294 g/mol. The maximum Gasteiger partial charge on any atom is 0.419 e. The van der Waals surface area contributed by atoms with Crippen LogP contribution in [0.25, 0.3) is 0 Å². The van der Waals surface area contributed by atoms with Crippen molar-refractivity contribution in [2.24, 2.45) is 0 Å². The number of carbonyl (C=O) groups is 1. The number of rotatable bonds is 1. The molecule has 1 aromatic carbocycles. The van der Waals surface area contributed by atoms with Crippen LogP contribution in [0.1, 0.15) is 16.8 Å². The van der Waals surface area contributed by atoms with Crippen molar-refractivity contribution in [1.29, 1.82) is 0 Å². The molecule has 1 aliphatic heterocycles. The first-order valence-corrected chi connectivity index (χ1v) is 5.95. The second kappa shape index (κ2) is 4.68. The zero-order chi connectivity index (χ0) is 14.3. The van der Waals surface area contributed by atoms with Gasteiger partial charge in [-0.25, -0.2) is 0 Å². The smallest absolute Gasteiger partial charge is 0.379 e. The van der Waals surface area contributed by atoms with Gasteiger partial charge in [0, 0.05) is 23.6 Å². The summed E-state index contributed by atoms with van der Waals surface area (Å²) >= 11 is 5.72. The Labute approximate surface area is 112 Å². The standard InChI is InChI=1S/C12H11ClF3NO2/c13-9-3-1-2-8(6-9)10(18)17-5-4-11(19,7-17)12(14,15)16/h1-3,6,19H,4-5,7H2/t11-/m0/s1. The molecule has 2 rings (SSSR count). The normalized spacial score (nSPS) is 23.7. The summed E-state index contributed by atoms with van der Waals surface area (Å²) in [6, 6.07) is 5.96. The summed E-state index contributed by atoms with van der Waals surface area (Å²) in [4.78, 5) is 13.0. The number of nitrogens with zero attached hydrogens (tertiary/aromatic N) is 1. The minimum absolute atomic E-state index is 0.138. The van der Waals surface area contributed by atoms with Gasteiger partial charge in [-0.1, -0.05) is 17.7 Å². The molecule has 0 saturated carbocycles. The third-order valence-electron chi connectivity index (χ3n) is 3.13. The minimum atomic E-state index is -4.74. The van der Waals surface area contributed by atoms with Gasteiger partial charge in [0.15, 0.2) is 5.60 Å². The quantitative estimate of drug-likeness (QED) is 0.864. The molecule has 1 heterocycles. The highest BCUT2D eigenvalue weighted by Gasteiger charge is 2.57. The van der Waals surface area contributed by atoms with Crippen molar-refractivity contribution in [3.8, 4) is 0 Å². The molecule has 1 aliphatic rings. The van der Waals surface area contributed by atoms with Crippen molar-refractivity contribution in [1.82, 2.24) is 4.90 Å². The highest BCUT2D eigenvalue weighted by atomic mass is 35.5. The maximum absolute atomic E-state index is 12.6. The second-order valence-corrected chi connectivity index (χ2v) is 4.95. The van der Waals surface area contributed by atoms with Crippen molar-refractivity contribution < 1.29 is 23.1 Å². The van der Waals surface area contributed by atoms with Crippen molar-refractivity contribution >= 4 is 17.5 Å². The Balaban J connectivity index is 2.16. The van der Waals surface area contributed by atoms with Crippen LogP contribution in [0.5, 0.6) is 0 Å². The average Bonchev–Trinajstić information content (AvgIpc) is 2.72. The maximum atomic E-state index is 12.6. The molecule has 19 heavy (non-hydrogen) atoms. The Morgan fingerprint density at radius 2 is 2.11 bits per heavy atom. The van der Waals surface area contributed by atoms with Gasteiger partial charge >= 0.3 is 6.18 Å². The fraction of sp³-hybridized carbons (Fsp3) is 0.417. The highest BCUT2D eigenvalue weighted by Crippen LogP contribution is 2.38. The monoisotopic (exact) mass is 293 g/mol. The van der Waals surface area contributed by atoms with Crippen LogP contribution < -0.4 is 0 Å². The molecule has 1 N–H and O–H groups in total. The van der Waals surface area contributed by atoms with Gasteiger partial charge in [0.05, 0.1) is 6.54 Å². The fourth-order valence-electron chi connectivity index (χ4n) is 2.00. The lowest BCUT2D eigenvalue weighted by atomic mass is 10.0. The molecule has 0 spiro atoms. The molecular weight excluding hydrogens is 283 g/mol. The van der Waals surface area contributed by atoms with Crippen LogP contribution >= 0.6 is 11.6 Å². The molecule has 0 aromatic heterocycles. The molecule has 1 saturated heterocycles. The van der Waals surface area contributed by atoms with Gasteiger partial charge < -0.3 is 10.0 Å². The molecule has 3 nitrogen and oxygen atoms in total. The fourth-order valence-corrected chi connectivity index (χ4v) is 2.19. The topological polar surface area (TPSA) is 40.5 Å².